The second kappa shape index (κ2) is 6.64. The van der Waals surface area contributed by atoms with Crippen molar-refractivity contribution in [3.8, 4) is 0 Å². The van der Waals surface area contributed by atoms with Crippen LogP contribution in [0.25, 0.3) is 21.9 Å². The van der Waals surface area contributed by atoms with Crippen LogP contribution in [0.15, 0.2) is 71.1 Å². The Kier molecular flexibility index (Phi) is 4.01. The fourth-order valence-electron chi connectivity index (χ4n) is 4.59. The van der Waals surface area contributed by atoms with Crippen LogP contribution in [0.5, 0.6) is 0 Å². The maximum absolute atomic E-state index is 6.54. The first kappa shape index (κ1) is 15.7. The minimum Gasteiger partial charge on any atom is -0.455 e. The molecule has 0 radical (unpaired) electrons. The van der Waals surface area contributed by atoms with Gasteiger partial charge in [0.15, 0.2) is 0 Å². The normalized spacial score (nSPS) is 15.7. The molecule has 26 heavy (non-hydrogen) atoms. The molecule has 4 aromatic rings. The Hall–Kier alpha value is -2.54. The minimum absolute atomic E-state index is 0.658. The molecule has 0 bridgehead atoms. The zero-order chi connectivity index (χ0) is 17.3. The van der Waals surface area contributed by atoms with Crippen molar-refractivity contribution >= 4 is 21.9 Å². The highest BCUT2D eigenvalue weighted by atomic mass is 16.3. The first-order valence-electron chi connectivity index (χ1n) is 9.87. The van der Waals surface area contributed by atoms with Crippen LogP contribution in [0.4, 0.5) is 0 Å². The molecule has 1 heterocycles. The van der Waals surface area contributed by atoms with E-state index >= 15 is 0 Å². The first-order chi connectivity index (χ1) is 12.9. The van der Waals surface area contributed by atoms with Gasteiger partial charge in [-0.3, -0.25) is 0 Å². The Morgan fingerprint density at radius 1 is 0.692 bits per heavy atom. The average molecular weight is 340 g/mol. The van der Waals surface area contributed by atoms with Gasteiger partial charge in [0.2, 0.25) is 0 Å². The van der Waals surface area contributed by atoms with Crippen LogP contribution in [-0.4, -0.2) is 0 Å². The third kappa shape index (κ3) is 2.72. The van der Waals surface area contributed by atoms with Crippen LogP contribution >= 0.6 is 0 Å². The van der Waals surface area contributed by atoms with E-state index in [0.29, 0.717) is 5.92 Å². The summed E-state index contributed by atoms with van der Waals surface area (Å²) in [6.07, 6.45) is 7.59. The van der Waals surface area contributed by atoms with Gasteiger partial charge >= 0.3 is 0 Å². The zero-order valence-electron chi connectivity index (χ0n) is 15.1. The van der Waals surface area contributed by atoms with E-state index in [2.05, 4.69) is 66.7 Å². The summed E-state index contributed by atoms with van der Waals surface area (Å²) < 4.78 is 6.54. The van der Waals surface area contributed by atoms with E-state index in [-0.39, 0.29) is 0 Å². The summed E-state index contributed by atoms with van der Waals surface area (Å²) in [4.78, 5) is 0. The van der Waals surface area contributed by atoms with Gasteiger partial charge in [0.25, 0.3) is 0 Å². The summed E-state index contributed by atoms with van der Waals surface area (Å²) in [5.41, 5.74) is 6.21. The Bertz CT molecular complexity index is 1040. The largest absolute Gasteiger partial charge is 0.455 e. The molecule has 1 saturated carbocycles. The van der Waals surface area contributed by atoms with Crippen LogP contribution < -0.4 is 0 Å². The Labute approximate surface area is 154 Å². The fourth-order valence-corrected chi connectivity index (χ4v) is 4.59. The highest BCUT2D eigenvalue weighted by Gasteiger charge is 2.21. The van der Waals surface area contributed by atoms with E-state index in [1.807, 2.05) is 0 Å². The number of hydrogen-bond donors (Lipinski definition) is 0. The van der Waals surface area contributed by atoms with Gasteiger partial charge in [-0.1, -0.05) is 86.0 Å². The molecule has 5 rings (SSSR count). The Morgan fingerprint density at radius 3 is 2.23 bits per heavy atom. The fraction of sp³-hybridized carbons (Fsp3) is 0.280. The van der Waals surface area contributed by atoms with E-state index in [4.69, 9.17) is 4.42 Å². The molecule has 0 aliphatic heterocycles. The summed E-state index contributed by atoms with van der Waals surface area (Å²) >= 11 is 0. The standard InChI is InChI=1S/C25H24O/c1-3-9-18(10-4-1)17-20-13-7-15-22-23-16-8-14-21(25(23)26-24(20)22)19-11-5-2-6-12-19/h1,3-4,7-10,13-16,19H,2,5-6,11-12,17H2. The van der Waals surface area contributed by atoms with Crippen LogP contribution in [0.1, 0.15) is 54.7 Å². The van der Waals surface area contributed by atoms with Crippen LogP contribution in [-0.2, 0) is 6.42 Å². The molecule has 3 aromatic carbocycles. The average Bonchev–Trinajstić information content (AvgIpc) is 3.09. The molecular weight excluding hydrogens is 316 g/mol. The number of furan rings is 1. The lowest BCUT2D eigenvalue weighted by molar-refractivity contribution is 0.442. The summed E-state index contributed by atoms with van der Waals surface area (Å²) in [6.45, 7) is 0. The van der Waals surface area contributed by atoms with Gasteiger partial charge in [0, 0.05) is 17.2 Å². The van der Waals surface area contributed by atoms with Crippen LogP contribution in [0.3, 0.4) is 0 Å². The maximum atomic E-state index is 6.54. The van der Waals surface area contributed by atoms with Gasteiger partial charge < -0.3 is 4.42 Å². The molecule has 1 aliphatic carbocycles. The molecular formula is C25H24O. The topological polar surface area (TPSA) is 13.1 Å². The quantitative estimate of drug-likeness (QED) is 0.383. The van der Waals surface area contributed by atoms with Crippen LogP contribution in [0, 0.1) is 0 Å². The molecule has 1 aromatic heterocycles. The third-order valence-electron chi connectivity index (χ3n) is 5.92. The van der Waals surface area contributed by atoms with Crippen LogP contribution in [0.2, 0.25) is 0 Å². The summed E-state index contributed by atoms with van der Waals surface area (Å²) in [7, 11) is 0. The van der Waals surface area contributed by atoms with E-state index in [0.717, 1.165) is 17.6 Å². The Morgan fingerprint density at radius 2 is 1.42 bits per heavy atom. The molecule has 1 heteroatoms. The van der Waals surface area contributed by atoms with E-state index in [1.54, 1.807) is 0 Å². The number of fused-ring (bicyclic) bond motifs is 3. The van der Waals surface area contributed by atoms with Crippen molar-refractivity contribution in [1.82, 2.24) is 0 Å². The van der Waals surface area contributed by atoms with Crippen molar-refractivity contribution in [3.63, 3.8) is 0 Å². The van der Waals surface area contributed by atoms with E-state index in [1.165, 1.54) is 59.6 Å². The highest BCUT2D eigenvalue weighted by Crippen LogP contribution is 2.40. The maximum Gasteiger partial charge on any atom is 0.138 e. The number of hydrogen-bond acceptors (Lipinski definition) is 1. The molecule has 0 saturated heterocycles. The van der Waals surface area contributed by atoms with Gasteiger partial charge in [-0.2, -0.15) is 0 Å². The van der Waals surface area contributed by atoms with E-state index < -0.39 is 0 Å². The lowest BCUT2D eigenvalue weighted by Crippen LogP contribution is -2.04. The molecule has 0 amide bonds. The Balaban J connectivity index is 1.65. The highest BCUT2D eigenvalue weighted by molar-refractivity contribution is 6.07. The predicted molar refractivity (Wildman–Crippen MR) is 109 cm³/mol. The van der Waals surface area contributed by atoms with Crippen molar-refractivity contribution in [2.24, 2.45) is 0 Å². The number of para-hydroxylation sites is 2. The van der Waals surface area contributed by atoms with Crippen molar-refractivity contribution in [2.75, 3.05) is 0 Å². The van der Waals surface area contributed by atoms with Gasteiger partial charge in [0.05, 0.1) is 0 Å². The molecule has 0 N–H and O–H groups in total. The molecule has 1 aliphatic rings. The van der Waals surface area contributed by atoms with E-state index in [9.17, 15) is 0 Å². The summed E-state index contributed by atoms with van der Waals surface area (Å²) in [5.74, 6) is 0.658. The second-order valence-electron chi connectivity index (χ2n) is 7.62. The van der Waals surface area contributed by atoms with Gasteiger partial charge in [-0.25, -0.2) is 0 Å². The smallest absolute Gasteiger partial charge is 0.138 e. The third-order valence-corrected chi connectivity index (χ3v) is 5.92. The summed E-state index contributed by atoms with van der Waals surface area (Å²) in [5, 5.41) is 2.53. The molecule has 0 unspecified atom stereocenters. The molecule has 1 nitrogen and oxygen atoms in total. The molecule has 0 atom stereocenters. The van der Waals surface area contributed by atoms with Crippen molar-refractivity contribution in [1.29, 1.82) is 0 Å². The van der Waals surface area contributed by atoms with Gasteiger partial charge in [-0.15, -0.1) is 0 Å². The second-order valence-corrected chi connectivity index (χ2v) is 7.62. The predicted octanol–water partition coefficient (Wildman–Crippen LogP) is 7.22. The van der Waals surface area contributed by atoms with Gasteiger partial charge in [-0.05, 0) is 35.4 Å². The van der Waals surface area contributed by atoms with Crippen molar-refractivity contribution in [2.45, 2.75) is 44.4 Å². The number of rotatable bonds is 3. The number of benzene rings is 3. The van der Waals surface area contributed by atoms with Gasteiger partial charge in [0.1, 0.15) is 11.2 Å². The molecule has 0 spiro atoms. The van der Waals surface area contributed by atoms with Crippen molar-refractivity contribution in [3.05, 3.63) is 83.4 Å². The SMILES string of the molecule is c1ccc(Cc2cccc3c2oc2c(C4CCCCC4)cccc23)cc1. The van der Waals surface area contributed by atoms with Crippen molar-refractivity contribution < 1.29 is 4.42 Å². The lowest BCUT2D eigenvalue weighted by Gasteiger charge is -2.21. The summed E-state index contributed by atoms with van der Waals surface area (Å²) in [6, 6.07) is 24.0. The lowest BCUT2D eigenvalue weighted by atomic mass is 9.83. The first-order valence-corrected chi connectivity index (χ1v) is 9.87. The molecule has 130 valence electrons. The minimum atomic E-state index is 0.658. The monoisotopic (exact) mass is 340 g/mol. The molecule has 1 fully saturated rings. The zero-order valence-corrected chi connectivity index (χ0v) is 15.1.